The van der Waals surface area contributed by atoms with E-state index in [4.69, 9.17) is 0 Å². The van der Waals surface area contributed by atoms with Gasteiger partial charge in [-0.3, -0.25) is 9.59 Å². The van der Waals surface area contributed by atoms with Crippen LogP contribution in [-0.2, 0) is 9.59 Å². The van der Waals surface area contributed by atoms with Gasteiger partial charge in [0, 0.05) is 19.2 Å². The Balaban J connectivity index is 2.27. The van der Waals surface area contributed by atoms with Crippen molar-refractivity contribution in [3.05, 3.63) is 24.4 Å². The summed E-state index contributed by atoms with van der Waals surface area (Å²) < 4.78 is 0. The van der Waals surface area contributed by atoms with E-state index in [1.807, 2.05) is 19.1 Å². The minimum Gasteiger partial charge on any atom is -0.318 e. The molecule has 0 saturated heterocycles. The molecule has 0 N–H and O–H groups in total. The second-order valence-corrected chi connectivity index (χ2v) is 4.71. The van der Waals surface area contributed by atoms with Crippen LogP contribution in [0.15, 0.2) is 24.4 Å². The number of hydrogen-bond donors (Lipinski definition) is 0. The highest BCUT2D eigenvalue weighted by atomic mass is 16.2. The van der Waals surface area contributed by atoms with Crippen molar-refractivity contribution in [1.82, 2.24) is 4.90 Å². The number of Topliss-reactive ketones (excluding diaryl/α,β-unsaturated/α-hetero) is 1. The van der Waals surface area contributed by atoms with Crippen molar-refractivity contribution in [3.8, 4) is 0 Å². The molecular weight excluding hydrogens is 226 g/mol. The summed E-state index contributed by atoms with van der Waals surface area (Å²) in [6.07, 6.45) is 12.2. The molecule has 3 nitrogen and oxygen atoms in total. The van der Waals surface area contributed by atoms with Crippen LogP contribution in [0.3, 0.4) is 0 Å². The van der Waals surface area contributed by atoms with Gasteiger partial charge in [-0.2, -0.15) is 0 Å². The first-order chi connectivity index (χ1) is 8.66. The van der Waals surface area contributed by atoms with E-state index in [0.29, 0.717) is 6.42 Å². The van der Waals surface area contributed by atoms with Crippen molar-refractivity contribution >= 4 is 11.7 Å². The van der Waals surface area contributed by atoms with Crippen LogP contribution in [0, 0.1) is 5.92 Å². The quantitative estimate of drug-likeness (QED) is 0.395. The molecule has 0 fully saturated rings. The van der Waals surface area contributed by atoms with Crippen LogP contribution >= 0.6 is 0 Å². The van der Waals surface area contributed by atoms with Gasteiger partial charge in [-0.05, 0) is 39.5 Å². The molecule has 0 spiro atoms. The molecule has 1 atom stereocenters. The summed E-state index contributed by atoms with van der Waals surface area (Å²) >= 11 is 0. The van der Waals surface area contributed by atoms with Gasteiger partial charge in [-0.1, -0.05) is 18.2 Å². The van der Waals surface area contributed by atoms with E-state index in [2.05, 4.69) is 6.08 Å². The summed E-state index contributed by atoms with van der Waals surface area (Å²) in [5.41, 5.74) is 0. The summed E-state index contributed by atoms with van der Waals surface area (Å²) in [4.78, 5) is 25.5. The van der Waals surface area contributed by atoms with E-state index in [-0.39, 0.29) is 11.7 Å². The normalized spacial score (nSPS) is 16.4. The second-order valence-electron chi connectivity index (χ2n) is 4.71. The standard InChI is InChI=1S/C15H23NO2/c1-3-4-5-6-7-10-14(17)13(2)15(18)16-11-8-9-12-16/h3-4,8,11,13H,5-7,9-10,12H2,1-2H3/b4-3+. The van der Waals surface area contributed by atoms with E-state index in [1.165, 1.54) is 0 Å². The van der Waals surface area contributed by atoms with Crippen molar-refractivity contribution in [2.75, 3.05) is 6.54 Å². The number of rotatable bonds is 7. The Bertz CT molecular complexity index is 344. The van der Waals surface area contributed by atoms with Gasteiger partial charge in [0.2, 0.25) is 5.91 Å². The minimum atomic E-state index is -0.491. The van der Waals surface area contributed by atoms with Gasteiger partial charge < -0.3 is 4.90 Å². The van der Waals surface area contributed by atoms with Crippen LogP contribution in [0.4, 0.5) is 0 Å². The molecule has 18 heavy (non-hydrogen) atoms. The zero-order valence-corrected chi connectivity index (χ0v) is 11.4. The van der Waals surface area contributed by atoms with E-state index in [9.17, 15) is 9.59 Å². The lowest BCUT2D eigenvalue weighted by Gasteiger charge is -2.17. The highest BCUT2D eigenvalue weighted by Gasteiger charge is 2.25. The molecule has 0 radical (unpaired) electrons. The molecule has 1 amide bonds. The van der Waals surface area contributed by atoms with Gasteiger partial charge in [0.25, 0.3) is 0 Å². The average molecular weight is 249 g/mol. The molecule has 0 bridgehead atoms. The maximum atomic E-state index is 12.0. The number of carbonyl (C=O) groups is 2. The summed E-state index contributed by atoms with van der Waals surface area (Å²) in [5, 5.41) is 0. The van der Waals surface area contributed by atoms with E-state index in [1.54, 1.807) is 18.0 Å². The summed E-state index contributed by atoms with van der Waals surface area (Å²) in [6.45, 7) is 4.44. The van der Waals surface area contributed by atoms with Crippen molar-refractivity contribution in [2.24, 2.45) is 5.92 Å². The van der Waals surface area contributed by atoms with Crippen LogP contribution in [0.1, 0.15) is 46.0 Å². The number of ketones is 1. The zero-order valence-electron chi connectivity index (χ0n) is 11.4. The topological polar surface area (TPSA) is 37.4 Å². The predicted octanol–water partition coefficient (Wildman–Crippen LogP) is 3.07. The molecule has 100 valence electrons. The molecule has 1 aliphatic heterocycles. The number of nitrogens with zero attached hydrogens (tertiary/aromatic N) is 1. The first kappa shape index (κ1) is 14.7. The molecule has 1 rings (SSSR count). The Morgan fingerprint density at radius 2 is 2.17 bits per heavy atom. The summed E-state index contributed by atoms with van der Waals surface area (Å²) in [6, 6.07) is 0. The lowest BCUT2D eigenvalue weighted by atomic mass is 9.99. The minimum absolute atomic E-state index is 0.0535. The Morgan fingerprint density at radius 3 is 2.78 bits per heavy atom. The van der Waals surface area contributed by atoms with Crippen LogP contribution in [0.2, 0.25) is 0 Å². The maximum Gasteiger partial charge on any atom is 0.236 e. The molecule has 0 aromatic heterocycles. The van der Waals surface area contributed by atoms with Gasteiger partial charge in [0.05, 0.1) is 5.92 Å². The zero-order chi connectivity index (χ0) is 13.4. The van der Waals surface area contributed by atoms with Crippen molar-refractivity contribution in [3.63, 3.8) is 0 Å². The number of hydrogen-bond acceptors (Lipinski definition) is 2. The van der Waals surface area contributed by atoms with Gasteiger partial charge >= 0.3 is 0 Å². The lowest BCUT2D eigenvalue weighted by molar-refractivity contribution is -0.138. The maximum absolute atomic E-state index is 12.0. The summed E-state index contributed by atoms with van der Waals surface area (Å²) in [5.74, 6) is -0.475. The first-order valence-electron chi connectivity index (χ1n) is 6.78. The number of allylic oxidation sites excluding steroid dienone is 2. The van der Waals surface area contributed by atoms with Crippen molar-refractivity contribution < 1.29 is 9.59 Å². The molecule has 1 aliphatic rings. The predicted molar refractivity (Wildman–Crippen MR) is 72.9 cm³/mol. The highest BCUT2D eigenvalue weighted by Crippen LogP contribution is 2.13. The lowest BCUT2D eigenvalue weighted by Crippen LogP contribution is -2.33. The molecule has 0 saturated carbocycles. The molecule has 0 aromatic rings. The largest absolute Gasteiger partial charge is 0.318 e. The van der Waals surface area contributed by atoms with Crippen LogP contribution < -0.4 is 0 Å². The monoisotopic (exact) mass is 249 g/mol. The molecule has 1 heterocycles. The number of amides is 1. The van der Waals surface area contributed by atoms with Gasteiger partial charge in [0.1, 0.15) is 5.78 Å². The van der Waals surface area contributed by atoms with E-state index >= 15 is 0 Å². The smallest absolute Gasteiger partial charge is 0.236 e. The Labute approximate surface area is 110 Å². The van der Waals surface area contributed by atoms with Crippen molar-refractivity contribution in [1.29, 1.82) is 0 Å². The third-order valence-corrected chi connectivity index (χ3v) is 3.24. The van der Waals surface area contributed by atoms with E-state index < -0.39 is 5.92 Å². The molecule has 0 aromatic carbocycles. The van der Waals surface area contributed by atoms with Gasteiger partial charge in [-0.15, -0.1) is 0 Å². The third-order valence-electron chi connectivity index (χ3n) is 3.24. The molecule has 0 aliphatic carbocycles. The second kappa shape index (κ2) is 7.85. The number of unbranched alkanes of at least 4 members (excludes halogenated alkanes) is 2. The average Bonchev–Trinajstić information content (AvgIpc) is 2.90. The van der Waals surface area contributed by atoms with Crippen LogP contribution in [-0.4, -0.2) is 23.1 Å². The van der Waals surface area contributed by atoms with Crippen molar-refractivity contribution in [2.45, 2.75) is 46.0 Å². The Morgan fingerprint density at radius 1 is 1.39 bits per heavy atom. The Hall–Kier alpha value is -1.38. The van der Waals surface area contributed by atoms with Gasteiger partial charge in [-0.25, -0.2) is 0 Å². The van der Waals surface area contributed by atoms with Crippen LogP contribution in [0.5, 0.6) is 0 Å². The van der Waals surface area contributed by atoms with Gasteiger partial charge in [0.15, 0.2) is 0 Å². The Kier molecular flexibility index (Phi) is 6.40. The van der Waals surface area contributed by atoms with Crippen LogP contribution in [0.25, 0.3) is 0 Å². The fraction of sp³-hybridized carbons (Fsp3) is 0.600. The van der Waals surface area contributed by atoms with E-state index in [0.717, 1.165) is 32.2 Å². The SMILES string of the molecule is C/C=C/CCCCC(=O)C(C)C(=O)N1C=CCC1. The fourth-order valence-electron chi connectivity index (χ4n) is 2.00. The highest BCUT2D eigenvalue weighted by molar-refractivity contribution is 6.01. The fourth-order valence-corrected chi connectivity index (χ4v) is 2.00. The molecule has 3 heteroatoms. The summed E-state index contributed by atoms with van der Waals surface area (Å²) in [7, 11) is 0. The molecular formula is C15H23NO2. The molecule has 1 unspecified atom stereocenters. The number of carbonyl (C=O) groups excluding carboxylic acids is 2. The third kappa shape index (κ3) is 4.47. The first-order valence-corrected chi connectivity index (χ1v) is 6.78.